The van der Waals surface area contributed by atoms with Gasteiger partial charge in [0.15, 0.2) is 5.82 Å². The number of anilines is 1. The van der Waals surface area contributed by atoms with Gasteiger partial charge in [-0.05, 0) is 58.0 Å². The maximum absolute atomic E-state index is 12.9. The number of aromatic nitrogens is 3. The van der Waals surface area contributed by atoms with Crippen LogP contribution < -0.4 is 14.4 Å². The first kappa shape index (κ1) is 26.7. The van der Waals surface area contributed by atoms with Crippen molar-refractivity contribution in [3.8, 4) is 11.8 Å². The van der Waals surface area contributed by atoms with E-state index in [0.717, 1.165) is 18.8 Å². The number of nitrogens with one attached hydrogen (secondary N) is 1. The summed E-state index contributed by atoms with van der Waals surface area (Å²) in [5.74, 6) is 1.03. The zero-order valence-electron chi connectivity index (χ0n) is 20.5. The predicted octanol–water partition coefficient (Wildman–Crippen LogP) is 5.05. The van der Waals surface area contributed by atoms with Crippen LogP contribution in [0.4, 0.5) is 5.69 Å². The minimum atomic E-state index is -3.88. The third-order valence-corrected chi connectivity index (χ3v) is 8.07. The lowest BCUT2D eigenvalue weighted by Gasteiger charge is -2.36. The molecular weight excluding hydrogens is 525 g/mol. The van der Waals surface area contributed by atoms with Gasteiger partial charge in [0.05, 0.1) is 33.2 Å². The zero-order chi connectivity index (χ0) is 26.0. The molecule has 12 heteroatoms. The largest absolute Gasteiger partial charge is 0.424 e. The highest BCUT2D eigenvalue weighted by atomic mass is 35.5. The molecule has 1 N–H and O–H groups in total. The van der Waals surface area contributed by atoms with Gasteiger partial charge in [0, 0.05) is 31.4 Å². The Morgan fingerprint density at radius 2 is 1.83 bits per heavy atom. The number of hydrogen-bond donors (Lipinski definition) is 1. The van der Waals surface area contributed by atoms with Gasteiger partial charge in [-0.3, -0.25) is 4.57 Å². The molecule has 0 radical (unpaired) electrons. The van der Waals surface area contributed by atoms with Gasteiger partial charge in [0.25, 0.3) is 0 Å². The number of rotatable bonds is 8. The predicted molar refractivity (Wildman–Crippen MR) is 140 cm³/mol. The SMILES string of the molecule is CCn1c(Oc2cccc(N3C[C@@H](C)O[C@@H](C)C3)c2)nnc1[C@@H](C)NS(=O)(=O)c1ccc(Cl)c(Cl)c1. The van der Waals surface area contributed by atoms with Crippen LogP contribution >= 0.6 is 23.2 Å². The molecule has 194 valence electrons. The normalized spacial score (nSPS) is 19.3. The van der Waals surface area contributed by atoms with Crippen LogP contribution in [-0.4, -0.2) is 48.5 Å². The standard InChI is InChI=1S/C24H29Cl2N5O4S/c1-5-31-23(17(4)29-36(32,33)20-9-10-21(25)22(26)12-20)27-28-24(31)35-19-8-6-7-18(11-19)30-13-15(2)34-16(3)14-30/h6-12,15-17,29H,5,13-14H2,1-4H3/t15-,16+,17-/m1/s1. The summed E-state index contributed by atoms with van der Waals surface area (Å²) in [7, 11) is -3.88. The van der Waals surface area contributed by atoms with Gasteiger partial charge in [0.2, 0.25) is 10.0 Å². The highest BCUT2D eigenvalue weighted by molar-refractivity contribution is 7.89. The van der Waals surface area contributed by atoms with Crippen molar-refractivity contribution in [2.75, 3.05) is 18.0 Å². The van der Waals surface area contributed by atoms with Crippen LogP contribution in [0.2, 0.25) is 10.0 Å². The Morgan fingerprint density at radius 3 is 2.50 bits per heavy atom. The number of halogens is 2. The summed E-state index contributed by atoms with van der Waals surface area (Å²) in [6.45, 7) is 9.79. The zero-order valence-corrected chi connectivity index (χ0v) is 22.8. The first-order chi connectivity index (χ1) is 17.1. The maximum Gasteiger partial charge on any atom is 0.322 e. The Bertz CT molecular complexity index is 1320. The molecule has 1 aromatic heterocycles. The summed E-state index contributed by atoms with van der Waals surface area (Å²) in [5, 5.41) is 8.82. The van der Waals surface area contributed by atoms with Crippen LogP contribution in [0.15, 0.2) is 47.4 Å². The molecule has 2 aromatic carbocycles. The molecular formula is C24H29Cl2N5O4S. The average Bonchev–Trinajstić information content (AvgIpc) is 3.22. The van der Waals surface area contributed by atoms with Crippen molar-refractivity contribution in [1.29, 1.82) is 0 Å². The second-order valence-corrected chi connectivity index (χ2v) is 11.3. The molecule has 9 nitrogen and oxygen atoms in total. The Hall–Kier alpha value is -2.37. The Labute approximate surface area is 221 Å². The molecule has 2 heterocycles. The summed E-state index contributed by atoms with van der Waals surface area (Å²) in [6.07, 6.45) is 0.275. The van der Waals surface area contributed by atoms with Crippen molar-refractivity contribution < 1.29 is 17.9 Å². The number of sulfonamides is 1. The fourth-order valence-corrected chi connectivity index (χ4v) is 5.82. The van der Waals surface area contributed by atoms with E-state index in [4.69, 9.17) is 32.7 Å². The lowest BCUT2D eigenvalue weighted by Crippen LogP contribution is -2.45. The smallest absolute Gasteiger partial charge is 0.322 e. The van der Waals surface area contributed by atoms with E-state index in [1.165, 1.54) is 18.2 Å². The summed E-state index contributed by atoms with van der Waals surface area (Å²) in [6, 6.07) is 11.5. The molecule has 1 fully saturated rings. The molecule has 3 atom stereocenters. The number of morpholine rings is 1. The molecule has 0 aliphatic carbocycles. The van der Waals surface area contributed by atoms with Crippen LogP contribution in [0.1, 0.15) is 39.6 Å². The van der Waals surface area contributed by atoms with Gasteiger partial charge >= 0.3 is 6.01 Å². The molecule has 0 amide bonds. The van der Waals surface area contributed by atoms with Gasteiger partial charge in [-0.15, -0.1) is 5.10 Å². The second kappa shape index (κ2) is 10.9. The second-order valence-electron chi connectivity index (χ2n) is 8.77. The van der Waals surface area contributed by atoms with Gasteiger partial charge in [-0.1, -0.05) is 34.4 Å². The quantitative estimate of drug-likeness (QED) is 0.416. The van der Waals surface area contributed by atoms with E-state index in [-0.39, 0.29) is 33.2 Å². The highest BCUT2D eigenvalue weighted by Gasteiger charge is 2.25. The van der Waals surface area contributed by atoms with E-state index in [0.29, 0.717) is 18.1 Å². The van der Waals surface area contributed by atoms with Crippen molar-refractivity contribution >= 4 is 38.9 Å². The van der Waals surface area contributed by atoms with Crippen LogP contribution in [0.5, 0.6) is 11.8 Å². The molecule has 3 aromatic rings. The van der Waals surface area contributed by atoms with E-state index in [1.54, 1.807) is 11.5 Å². The van der Waals surface area contributed by atoms with Gasteiger partial charge in [0.1, 0.15) is 5.75 Å². The topological polar surface area (TPSA) is 98.6 Å². The van der Waals surface area contributed by atoms with Crippen molar-refractivity contribution in [3.63, 3.8) is 0 Å². The average molecular weight is 555 g/mol. The van der Waals surface area contributed by atoms with E-state index in [1.807, 2.05) is 31.2 Å². The van der Waals surface area contributed by atoms with Crippen molar-refractivity contribution in [2.24, 2.45) is 0 Å². The molecule has 36 heavy (non-hydrogen) atoms. The number of ether oxygens (including phenoxy) is 2. The molecule has 0 bridgehead atoms. The minimum absolute atomic E-state index is 0.00588. The summed E-state index contributed by atoms with van der Waals surface area (Å²) in [5.41, 5.74) is 1.03. The fourth-order valence-electron chi connectivity index (χ4n) is 4.23. The Kier molecular flexibility index (Phi) is 8.11. The van der Waals surface area contributed by atoms with Gasteiger partial charge in [-0.2, -0.15) is 0 Å². The van der Waals surface area contributed by atoms with Crippen LogP contribution in [0.3, 0.4) is 0 Å². The van der Waals surface area contributed by atoms with Crippen LogP contribution in [0.25, 0.3) is 0 Å². The molecule has 1 aliphatic rings. The molecule has 4 rings (SSSR count). The first-order valence-electron chi connectivity index (χ1n) is 11.7. The lowest BCUT2D eigenvalue weighted by molar-refractivity contribution is -0.00522. The third-order valence-electron chi connectivity index (χ3n) is 5.79. The van der Waals surface area contributed by atoms with Gasteiger partial charge in [-0.25, -0.2) is 13.1 Å². The molecule has 0 unspecified atom stereocenters. The summed E-state index contributed by atoms with van der Waals surface area (Å²) >= 11 is 11.9. The summed E-state index contributed by atoms with van der Waals surface area (Å²) < 4.78 is 42.1. The van der Waals surface area contributed by atoms with Crippen molar-refractivity contribution in [2.45, 2.75) is 57.4 Å². The molecule has 1 aliphatic heterocycles. The van der Waals surface area contributed by atoms with E-state index in [2.05, 4.69) is 33.7 Å². The van der Waals surface area contributed by atoms with E-state index in [9.17, 15) is 8.42 Å². The van der Waals surface area contributed by atoms with Crippen LogP contribution in [-0.2, 0) is 21.3 Å². The summed E-state index contributed by atoms with van der Waals surface area (Å²) in [4.78, 5) is 2.27. The number of nitrogens with zero attached hydrogens (tertiary/aromatic N) is 4. The number of benzene rings is 2. The Balaban J connectivity index is 1.52. The van der Waals surface area contributed by atoms with E-state index < -0.39 is 16.1 Å². The molecule has 0 saturated carbocycles. The monoisotopic (exact) mass is 553 g/mol. The van der Waals surface area contributed by atoms with Crippen molar-refractivity contribution in [3.05, 3.63) is 58.3 Å². The highest BCUT2D eigenvalue weighted by Crippen LogP contribution is 2.29. The lowest BCUT2D eigenvalue weighted by atomic mass is 10.2. The maximum atomic E-state index is 12.9. The van der Waals surface area contributed by atoms with Crippen molar-refractivity contribution in [1.82, 2.24) is 19.5 Å². The molecule has 0 spiro atoms. The van der Waals surface area contributed by atoms with Gasteiger partial charge < -0.3 is 14.4 Å². The van der Waals surface area contributed by atoms with Crippen LogP contribution in [0, 0.1) is 0 Å². The Morgan fingerprint density at radius 1 is 1.11 bits per heavy atom. The third kappa shape index (κ3) is 5.95. The number of hydrogen-bond acceptors (Lipinski definition) is 7. The fraction of sp³-hybridized carbons (Fsp3) is 0.417. The molecule has 1 saturated heterocycles. The first-order valence-corrected chi connectivity index (χ1v) is 13.9. The minimum Gasteiger partial charge on any atom is -0.424 e. The van der Waals surface area contributed by atoms with E-state index >= 15 is 0 Å².